The molecule has 0 unspecified atom stereocenters. The van der Waals surface area contributed by atoms with Crippen LogP contribution in [0.1, 0.15) is 77.0 Å². The van der Waals surface area contributed by atoms with Crippen LogP contribution < -0.4 is 0 Å². The van der Waals surface area contributed by atoms with E-state index in [0.717, 1.165) is 24.7 Å². The number of rotatable bonds is 4. The first kappa shape index (κ1) is 14.0. The van der Waals surface area contributed by atoms with Crippen molar-refractivity contribution < 1.29 is 14.3 Å². The lowest BCUT2D eigenvalue weighted by Crippen LogP contribution is -2.51. The molecule has 3 atom stereocenters. The van der Waals surface area contributed by atoms with E-state index in [1.165, 1.54) is 64.2 Å². The number of epoxide rings is 1. The van der Waals surface area contributed by atoms with Crippen molar-refractivity contribution in [1.82, 2.24) is 0 Å². The molecule has 21 heavy (non-hydrogen) atoms. The Kier molecular flexibility index (Phi) is 3.72. The highest BCUT2D eigenvalue weighted by Gasteiger charge is 2.74. The fourth-order valence-electron chi connectivity index (χ4n) is 4.94. The summed E-state index contributed by atoms with van der Waals surface area (Å²) in [5.41, 5.74) is 0. The van der Waals surface area contributed by atoms with Crippen LogP contribution in [0.5, 0.6) is 0 Å². The predicted molar refractivity (Wildman–Crippen MR) is 79.6 cm³/mol. The summed E-state index contributed by atoms with van der Waals surface area (Å²) in [5, 5.41) is 0. The minimum Gasteiger partial charge on any atom is -0.429 e. The number of hydrogen-bond donors (Lipinski definition) is 0. The van der Waals surface area contributed by atoms with Crippen LogP contribution in [-0.2, 0) is 14.3 Å². The first-order valence-electron chi connectivity index (χ1n) is 9.18. The molecule has 0 bridgehead atoms. The van der Waals surface area contributed by atoms with Crippen LogP contribution in [0.25, 0.3) is 0 Å². The minimum absolute atomic E-state index is 0.00622. The fraction of sp³-hybridized carbons (Fsp3) is 0.944. The Morgan fingerprint density at radius 1 is 0.857 bits per heavy atom. The van der Waals surface area contributed by atoms with Gasteiger partial charge in [0.05, 0.1) is 0 Å². The maximum Gasteiger partial charge on any atom is 0.318 e. The molecule has 3 nitrogen and oxygen atoms in total. The van der Waals surface area contributed by atoms with Gasteiger partial charge in [0.15, 0.2) is 0 Å². The van der Waals surface area contributed by atoms with Crippen molar-refractivity contribution in [2.45, 2.75) is 88.9 Å². The second-order valence-corrected chi connectivity index (χ2v) is 7.78. The van der Waals surface area contributed by atoms with E-state index in [9.17, 15) is 4.79 Å². The van der Waals surface area contributed by atoms with Crippen molar-refractivity contribution in [2.75, 3.05) is 0 Å². The maximum atomic E-state index is 11.9. The molecular weight excluding hydrogens is 264 g/mol. The zero-order chi connectivity index (χ0) is 14.3. The summed E-state index contributed by atoms with van der Waals surface area (Å²) in [6.45, 7) is 0. The van der Waals surface area contributed by atoms with E-state index in [2.05, 4.69) is 0 Å². The number of carbonyl (C=O) groups is 1. The van der Waals surface area contributed by atoms with Gasteiger partial charge < -0.3 is 9.47 Å². The molecule has 4 aliphatic rings. The van der Waals surface area contributed by atoms with Crippen molar-refractivity contribution in [3.63, 3.8) is 0 Å². The van der Waals surface area contributed by atoms with Gasteiger partial charge in [-0.25, -0.2) is 0 Å². The smallest absolute Gasteiger partial charge is 0.318 e. The van der Waals surface area contributed by atoms with E-state index in [-0.39, 0.29) is 18.0 Å². The van der Waals surface area contributed by atoms with Crippen LogP contribution in [0.4, 0.5) is 0 Å². The Labute approximate surface area is 127 Å². The summed E-state index contributed by atoms with van der Waals surface area (Å²) in [4.78, 5) is 11.9. The van der Waals surface area contributed by atoms with E-state index in [1.807, 2.05) is 0 Å². The van der Waals surface area contributed by atoms with Crippen molar-refractivity contribution in [1.29, 1.82) is 0 Å². The summed E-state index contributed by atoms with van der Waals surface area (Å²) in [6, 6.07) is 0. The molecule has 4 rings (SSSR count). The minimum atomic E-state index is -0.466. The van der Waals surface area contributed by atoms with Gasteiger partial charge in [0.25, 0.3) is 5.79 Å². The van der Waals surface area contributed by atoms with Gasteiger partial charge in [-0.15, -0.1) is 0 Å². The molecule has 0 aromatic carbocycles. The summed E-state index contributed by atoms with van der Waals surface area (Å²) in [5.74, 6) is 1.12. The standard InChI is InChI=1S/C18H28O3/c19-17-15(11-13-7-3-1-4-8-13)18(21-17)16(20-18)12-14-9-5-2-6-10-14/h13-16H,1-12H2/t15-,16-,18+/m0/s1. The second-order valence-electron chi connectivity index (χ2n) is 7.78. The van der Waals surface area contributed by atoms with E-state index in [4.69, 9.17) is 9.47 Å². The molecule has 2 saturated carbocycles. The lowest BCUT2D eigenvalue weighted by Gasteiger charge is -2.36. The average molecular weight is 292 g/mol. The van der Waals surface area contributed by atoms with Gasteiger partial charge in [-0.05, 0) is 24.7 Å². The van der Waals surface area contributed by atoms with Crippen LogP contribution in [-0.4, -0.2) is 17.9 Å². The molecule has 0 amide bonds. The molecular formula is C18H28O3. The molecule has 118 valence electrons. The molecule has 1 spiro atoms. The van der Waals surface area contributed by atoms with Crippen molar-refractivity contribution in [3.05, 3.63) is 0 Å². The SMILES string of the molecule is O=C1O[C@]2(O[C@H]2CC2CCCCC2)[C@H]1CC1CCCCC1. The van der Waals surface area contributed by atoms with Gasteiger partial charge in [-0.1, -0.05) is 64.2 Å². The highest BCUT2D eigenvalue weighted by atomic mass is 16.8. The van der Waals surface area contributed by atoms with E-state index >= 15 is 0 Å². The number of esters is 1. The molecule has 2 aliphatic heterocycles. The summed E-state index contributed by atoms with van der Waals surface area (Å²) >= 11 is 0. The first-order valence-corrected chi connectivity index (χ1v) is 9.18. The maximum absolute atomic E-state index is 11.9. The second kappa shape index (κ2) is 5.57. The summed E-state index contributed by atoms with van der Waals surface area (Å²) in [7, 11) is 0. The van der Waals surface area contributed by atoms with E-state index < -0.39 is 5.79 Å². The van der Waals surface area contributed by atoms with Crippen molar-refractivity contribution in [3.8, 4) is 0 Å². The Hall–Kier alpha value is -0.570. The van der Waals surface area contributed by atoms with Crippen molar-refractivity contribution >= 4 is 5.97 Å². The summed E-state index contributed by atoms with van der Waals surface area (Å²) in [6.07, 6.45) is 15.8. The largest absolute Gasteiger partial charge is 0.429 e. The van der Waals surface area contributed by atoms with Gasteiger partial charge in [0, 0.05) is 0 Å². The number of hydrogen-bond acceptors (Lipinski definition) is 3. The van der Waals surface area contributed by atoms with E-state index in [1.54, 1.807) is 0 Å². The topological polar surface area (TPSA) is 38.8 Å². The Morgan fingerprint density at radius 2 is 1.43 bits per heavy atom. The highest BCUT2D eigenvalue weighted by molar-refractivity contribution is 5.81. The molecule has 2 saturated heterocycles. The molecule has 2 heterocycles. The third kappa shape index (κ3) is 2.62. The molecule has 0 radical (unpaired) electrons. The zero-order valence-corrected chi connectivity index (χ0v) is 13.0. The fourth-order valence-corrected chi connectivity index (χ4v) is 4.94. The monoisotopic (exact) mass is 292 g/mol. The van der Waals surface area contributed by atoms with Gasteiger partial charge in [-0.3, -0.25) is 4.79 Å². The van der Waals surface area contributed by atoms with E-state index in [0.29, 0.717) is 0 Å². The van der Waals surface area contributed by atoms with Crippen LogP contribution in [0, 0.1) is 17.8 Å². The Morgan fingerprint density at radius 3 is 2.00 bits per heavy atom. The molecule has 4 fully saturated rings. The Balaban J connectivity index is 1.31. The molecule has 0 N–H and O–H groups in total. The van der Waals surface area contributed by atoms with Gasteiger partial charge in [0.2, 0.25) is 0 Å². The van der Waals surface area contributed by atoms with Gasteiger partial charge in [0.1, 0.15) is 12.0 Å². The number of ether oxygens (including phenoxy) is 2. The molecule has 0 aromatic rings. The normalized spacial score (nSPS) is 40.9. The third-order valence-electron chi connectivity index (χ3n) is 6.31. The molecule has 3 heteroatoms. The van der Waals surface area contributed by atoms with Crippen LogP contribution in [0.2, 0.25) is 0 Å². The first-order chi connectivity index (χ1) is 10.3. The number of carbonyl (C=O) groups excluding carboxylic acids is 1. The Bertz CT molecular complexity index is 395. The molecule has 0 aromatic heterocycles. The molecule has 2 aliphatic carbocycles. The van der Waals surface area contributed by atoms with Gasteiger partial charge in [-0.2, -0.15) is 0 Å². The van der Waals surface area contributed by atoms with Gasteiger partial charge >= 0.3 is 5.97 Å². The third-order valence-corrected chi connectivity index (χ3v) is 6.31. The van der Waals surface area contributed by atoms with Crippen molar-refractivity contribution in [2.24, 2.45) is 17.8 Å². The summed E-state index contributed by atoms with van der Waals surface area (Å²) < 4.78 is 11.4. The predicted octanol–water partition coefficient (Wildman–Crippen LogP) is 4.20. The zero-order valence-electron chi connectivity index (χ0n) is 13.0. The average Bonchev–Trinajstić information content (AvgIpc) is 3.22. The lowest BCUT2D eigenvalue weighted by atomic mass is 9.77. The van der Waals surface area contributed by atoms with Crippen LogP contribution in [0.15, 0.2) is 0 Å². The quantitative estimate of drug-likeness (QED) is 0.576. The lowest BCUT2D eigenvalue weighted by molar-refractivity contribution is -0.212. The van der Waals surface area contributed by atoms with Crippen LogP contribution in [0.3, 0.4) is 0 Å². The van der Waals surface area contributed by atoms with Crippen LogP contribution >= 0.6 is 0 Å². The highest BCUT2D eigenvalue weighted by Crippen LogP contribution is 2.57.